The van der Waals surface area contributed by atoms with Gasteiger partial charge in [0.25, 0.3) is 11.8 Å². The zero-order valence-electron chi connectivity index (χ0n) is 18.1. The van der Waals surface area contributed by atoms with E-state index in [0.717, 1.165) is 16.3 Å². The maximum absolute atomic E-state index is 13.3. The number of thiophene rings is 2. The summed E-state index contributed by atoms with van der Waals surface area (Å²) in [5, 5.41) is 21.3. The molecule has 0 saturated carbocycles. The van der Waals surface area contributed by atoms with Crippen molar-refractivity contribution < 1.29 is 14.7 Å². The molecular weight excluding hydrogens is 529 g/mol. The monoisotopic (exact) mass is 545 g/mol. The Bertz CT molecular complexity index is 1410. The zero-order valence-corrected chi connectivity index (χ0v) is 21.3. The van der Waals surface area contributed by atoms with Crippen LogP contribution < -0.4 is 10.3 Å². The number of carbonyl (C=O) groups is 2. The molecule has 4 aromatic rings. The van der Waals surface area contributed by atoms with E-state index in [9.17, 15) is 14.7 Å². The van der Waals surface area contributed by atoms with Crippen LogP contribution >= 0.6 is 45.9 Å². The number of halogens is 2. The number of nitrogens with zero attached hydrogens (tertiary/aromatic N) is 4. The molecule has 0 bridgehead atoms. The Labute approximate surface area is 218 Å². The predicted octanol–water partition coefficient (Wildman–Crippen LogP) is 5.86. The van der Waals surface area contributed by atoms with Gasteiger partial charge in [-0.05, 0) is 36.8 Å². The van der Waals surface area contributed by atoms with Crippen LogP contribution in [0.25, 0.3) is 10.4 Å². The van der Waals surface area contributed by atoms with Crippen LogP contribution in [0.15, 0.2) is 59.4 Å². The molecule has 4 rings (SSSR count). The molecule has 0 saturated heterocycles. The first-order valence-electron chi connectivity index (χ1n) is 10.1. The second kappa shape index (κ2) is 11.0. The lowest BCUT2D eigenvalue weighted by Gasteiger charge is -2.15. The first kappa shape index (κ1) is 24.8. The summed E-state index contributed by atoms with van der Waals surface area (Å²) in [6, 6.07) is 8.11. The molecule has 3 heterocycles. The van der Waals surface area contributed by atoms with Crippen molar-refractivity contribution >= 4 is 69.6 Å². The van der Waals surface area contributed by atoms with Gasteiger partial charge in [0.2, 0.25) is 0 Å². The normalized spacial score (nSPS) is 11.1. The molecule has 2 N–H and O–H groups in total. The first-order chi connectivity index (χ1) is 16.9. The third kappa shape index (κ3) is 5.51. The molecule has 3 aromatic heterocycles. The van der Waals surface area contributed by atoms with E-state index in [0.29, 0.717) is 31.1 Å². The van der Waals surface area contributed by atoms with Crippen molar-refractivity contribution in [1.29, 1.82) is 0 Å². The van der Waals surface area contributed by atoms with Gasteiger partial charge in [0.05, 0.1) is 43.1 Å². The minimum Gasteiger partial charge on any atom is -0.504 e. The minimum absolute atomic E-state index is 0.120. The molecule has 1 aromatic carbocycles. The van der Waals surface area contributed by atoms with Crippen molar-refractivity contribution in [3.05, 3.63) is 79.8 Å². The number of rotatable bonds is 7. The molecule has 0 aliphatic carbocycles. The van der Waals surface area contributed by atoms with Crippen LogP contribution in [0.4, 0.5) is 5.69 Å². The average molecular weight is 546 g/mol. The SMILES string of the molecule is CC=NN(C(=O)c1ccc(C(=O)NCc2cnccn2)s1)c1csc(-c2ccc(Cl)c(Cl)c2)c1O. The highest BCUT2D eigenvalue weighted by molar-refractivity contribution is 7.16. The van der Waals surface area contributed by atoms with Crippen LogP contribution in [0.1, 0.15) is 32.0 Å². The molecule has 0 radical (unpaired) electrons. The van der Waals surface area contributed by atoms with E-state index in [4.69, 9.17) is 23.2 Å². The fourth-order valence-electron chi connectivity index (χ4n) is 3.03. The van der Waals surface area contributed by atoms with Gasteiger partial charge < -0.3 is 10.4 Å². The molecule has 2 amide bonds. The van der Waals surface area contributed by atoms with Crippen LogP contribution in [-0.2, 0) is 6.54 Å². The van der Waals surface area contributed by atoms with E-state index >= 15 is 0 Å². The maximum atomic E-state index is 13.3. The van der Waals surface area contributed by atoms with Crippen molar-refractivity contribution in [1.82, 2.24) is 15.3 Å². The molecule has 0 spiro atoms. The Morgan fingerprint density at radius 2 is 1.97 bits per heavy atom. The quantitative estimate of drug-likeness (QED) is 0.223. The molecule has 178 valence electrons. The number of benzene rings is 1. The molecule has 0 aliphatic heterocycles. The van der Waals surface area contributed by atoms with Gasteiger partial charge in [-0.1, -0.05) is 29.3 Å². The summed E-state index contributed by atoms with van der Waals surface area (Å²) in [6.45, 7) is 1.86. The standard InChI is InChI=1S/C23H17Cl2N5O3S2/c1-2-29-30(17-12-34-21(20(17)31)13-3-4-15(24)16(25)9-13)23(33)19-6-5-18(35-19)22(32)28-11-14-10-26-7-8-27-14/h2-10,12,31H,11H2,1H3,(H,28,32). The van der Waals surface area contributed by atoms with Crippen molar-refractivity contribution in [3.8, 4) is 16.2 Å². The van der Waals surface area contributed by atoms with Crippen molar-refractivity contribution in [2.75, 3.05) is 5.01 Å². The number of hydrogen-bond acceptors (Lipinski definition) is 8. The molecule has 0 aliphatic rings. The molecule has 8 nitrogen and oxygen atoms in total. The highest BCUT2D eigenvalue weighted by Gasteiger charge is 2.26. The smallest absolute Gasteiger partial charge is 0.288 e. The lowest BCUT2D eigenvalue weighted by molar-refractivity contribution is 0.0953. The molecule has 35 heavy (non-hydrogen) atoms. The molecular formula is C23H17Cl2N5O3S2. The Kier molecular flexibility index (Phi) is 7.76. The third-order valence-corrected chi connectivity index (χ3v) is 7.48. The van der Waals surface area contributed by atoms with Gasteiger partial charge in [0.15, 0.2) is 5.75 Å². The van der Waals surface area contributed by atoms with E-state index in [1.165, 1.54) is 17.6 Å². The summed E-state index contributed by atoms with van der Waals surface area (Å²) in [5.41, 5.74) is 1.48. The number of aromatic hydroxyl groups is 1. The van der Waals surface area contributed by atoms with E-state index in [1.807, 2.05) is 0 Å². The highest BCUT2D eigenvalue weighted by atomic mass is 35.5. The summed E-state index contributed by atoms with van der Waals surface area (Å²) in [6.07, 6.45) is 6.09. The topological polar surface area (TPSA) is 108 Å². The van der Waals surface area contributed by atoms with Crippen molar-refractivity contribution in [2.45, 2.75) is 13.5 Å². The van der Waals surface area contributed by atoms with E-state index in [1.54, 1.807) is 61.2 Å². The predicted molar refractivity (Wildman–Crippen MR) is 140 cm³/mol. The zero-order chi connectivity index (χ0) is 24.9. The number of aromatic nitrogens is 2. The average Bonchev–Trinajstić information content (AvgIpc) is 3.50. The summed E-state index contributed by atoms with van der Waals surface area (Å²) in [7, 11) is 0. The van der Waals surface area contributed by atoms with Gasteiger partial charge in [-0.15, -0.1) is 22.7 Å². The van der Waals surface area contributed by atoms with E-state index in [2.05, 4.69) is 20.4 Å². The van der Waals surface area contributed by atoms with Crippen LogP contribution in [0.5, 0.6) is 5.75 Å². The minimum atomic E-state index is -0.491. The summed E-state index contributed by atoms with van der Waals surface area (Å²) in [4.78, 5) is 35.0. The number of anilines is 1. The number of hydrogen-bond donors (Lipinski definition) is 2. The lowest BCUT2D eigenvalue weighted by atomic mass is 10.1. The van der Waals surface area contributed by atoms with E-state index < -0.39 is 5.91 Å². The molecule has 0 atom stereocenters. The second-order valence-corrected chi connectivity index (χ2v) is 9.74. The largest absolute Gasteiger partial charge is 0.504 e. The lowest BCUT2D eigenvalue weighted by Crippen LogP contribution is -2.24. The van der Waals surface area contributed by atoms with Crippen molar-refractivity contribution in [3.63, 3.8) is 0 Å². The van der Waals surface area contributed by atoms with Gasteiger partial charge in [0, 0.05) is 24.0 Å². The third-order valence-electron chi connectivity index (χ3n) is 4.67. The summed E-state index contributed by atoms with van der Waals surface area (Å²) >= 11 is 14.4. The fraction of sp³-hybridized carbons (Fsp3) is 0.0870. The van der Waals surface area contributed by atoms with Gasteiger partial charge >= 0.3 is 0 Å². The highest BCUT2D eigenvalue weighted by Crippen LogP contribution is 2.45. The Morgan fingerprint density at radius 3 is 2.69 bits per heavy atom. The van der Waals surface area contributed by atoms with Crippen LogP contribution in [0.3, 0.4) is 0 Å². The van der Waals surface area contributed by atoms with Crippen molar-refractivity contribution in [2.24, 2.45) is 5.10 Å². The number of amides is 2. The van der Waals surface area contributed by atoms with E-state index in [-0.39, 0.29) is 28.8 Å². The maximum Gasteiger partial charge on any atom is 0.288 e. The van der Waals surface area contributed by atoms with Gasteiger partial charge in [-0.3, -0.25) is 19.6 Å². The molecule has 0 fully saturated rings. The number of nitrogens with one attached hydrogen (secondary N) is 1. The molecule has 12 heteroatoms. The van der Waals surface area contributed by atoms with Gasteiger partial charge in [0.1, 0.15) is 5.69 Å². The summed E-state index contributed by atoms with van der Waals surface area (Å²) in [5.74, 6) is -0.953. The van der Waals surface area contributed by atoms with Gasteiger partial charge in [-0.2, -0.15) is 10.1 Å². The van der Waals surface area contributed by atoms with Crippen LogP contribution in [-0.4, -0.2) is 33.1 Å². The second-order valence-electron chi connectivity index (χ2n) is 6.96. The molecule has 0 unspecified atom stereocenters. The first-order valence-corrected chi connectivity index (χ1v) is 12.6. The van der Waals surface area contributed by atoms with Crippen LogP contribution in [0.2, 0.25) is 10.0 Å². The number of hydrazone groups is 1. The summed E-state index contributed by atoms with van der Waals surface area (Å²) < 4.78 is 0. The van der Waals surface area contributed by atoms with Crippen LogP contribution in [0, 0.1) is 0 Å². The Morgan fingerprint density at radius 1 is 1.17 bits per heavy atom. The fourth-order valence-corrected chi connectivity index (χ4v) is 5.10. The Hall–Kier alpha value is -3.31. The number of carbonyl (C=O) groups excluding carboxylic acids is 2. The Balaban J connectivity index is 1.55. The van der Waals surface area contributed by atoms with Gasteiger partial charge in [-0.25, -0.2) is 0 Å².